The zero-order chi connectivity index (χ0) is 28.2. The van der Waals surface area contributed by atoms with Crippen LogP contribution in [0.4, 0.5) is 4.79 Å². The smallest absolute Gasteiger partial charge is 0.317 e. The maximum absolute atomic E-state index is 13.7. The highest BCUT2D eigenvalue weighted by molar-refractivity contribution is 6.35. The van der Waals surface area contributed by atoms with Crippen molar-refractivity contribution in [2.45, 2.75) is 32.7 Å². The first-order valence-electron chi connectivity index (χ1n) is 13.4. The molecular formula is C29H32Cl2N6O3. The number of carbonyl (C=O) groups excluding carboxylic acids is 2. The lowest BCUT2D eigenvalue weighted by molar-refractivity contribution is 0.0742. The minimum absolute atomic E-state index is 0.214. The maximum Gasteiger partial charge on any atom is 0.317 e. The molecule has 1 aromatic heterocycles. The molecule has 9 nitrogen and oxygen atoms in total. The average Bonchev–Trinajstić information content (AvgIpc) is 3.34. The largest absolute Gasteiger partial charge is 0.497 e. The molecule has 5 rings (SSSR count). The van der Waals surface area contributed by atoms with Gasteiger partial charge in [0.2, 0.25) is 0 Å². The molecule has 1 saturated heterocycles. The number of fused-ring (bicyclic) bond motifs is 1. The predicted octanol–water partition coefficient (Wildman–Crippen LogP) is 5.40. The Balaban J connectivity index is 1.66. The Labute approximate surface area is 243 Å². The van der Waals surface area contributed by atoms with Gasteiger partial charge in [-0.05, 0) is 67.3 Å². The summed E-state index contributed by atoms with van der Waals surface area (Å²) in [5.41, 5.74) is 6.97. The molecule has 11 heteroatoms. The molecule has 0 unspecified atom stereocenters. The molecule has 3 amide bonds. The van der Waals surface area contributed by atoms with E-state index in [9.17, 15) is 9.59 Å². The van der Waals surface area contributed by atoms with Crippen LogP contribution in [-0.2, 0) is 6.54 Å². The van der Waals surface area contributed by atoms with E-state index in [2.05, 4.69) is 10.7 Å². The van der Waals surface area contributed by atoms with Gasteiger partial charge in [0.25, 0.3) is 5.91 Å². The molecule has 1 fully saturated rings. The Kier molecular flexibility index (Phi) is 8.63. The zero-order valence-corrected chi connectivity index (χ0v) is 24.1. The normalized spacial score (nSPS) is 16.5. The summed E-state index contributed by atoms with van der Waals surface area (Å²) in [7, 11) is 1.62. The number of aromatic nitrogens is 2. The molecule has 0 aliphatic carbocycles. The van der Waals surface area contributed by atoms with Crippen molar-refractivity contribution in [2.75, 3.05) is 33.3 Å². The Morgan fingerprint density at radius 1 is 1.05 bits per heavy atom. The Hall–Kier alpha value is -3.53. The quantitative estimate of drug-likeness (QED) is 0.406. The standard InChI is InChI=1S/C29H32Cl2N6O3/c1-3-32-29(39)35-17-20(15-19-7-10-22(40-2)11-8-19)27-23(18-35)26(28(38)34-36-13-5-4-6-14-36)33-37(27)25-12-9-21(30)16-24(25)31/h7-12,15-16H,3-6,13-14,17-18H2,1-2H3,(H,32,39)(H,34,38). The summed E-state index contributed by atoms with van der Waals surface area (Å²) in [5, 5.41) is 10.5. The van der Waals surface area contributed by atoms with Gasteiger partial charge in [-0.1, -0.05) is 41.8 Å². The molecule has 0 spiro atoms. The van der Waals surface area contributed by atoms with Gasteiger partial charge in [0, 0.05) is 36.8 Å². The van der Waals surface area contributed by atoms with E-state index >= 15 is 0 Å². The molecule has 2 aliphatic rings. The molecule has 3 aromatic rings. The lowest BCUT2D eigenvalue weighted by atomic mass is 9.97. The Bertz CT molecular complexity index is 1430. The average molecular weight is 584 g/mol. The topological polar surface area (TPSA) is 91.7 Å². The first-order chi connectivity index (χ1) is 19.4. The molecule has 210 valence electrons. The summed E-state index contributed by atoms with van der Waals surface area (Å²) in [6, 6.07) is 12.6. The van der Waals surface area contributed by atoms with E-state index in [1.165, 1.54) is 0 Å². The SMILES string of the molecule is CCNC(=O)N1CC(=Cc2ccc(OC)cc2)c2c(c(C(=O)NN3CCCCC3)nn2-c2ccc(Cl)cc2Cl)C1. The number of piperidine rings is 1. The number of nitrogens with zero attached hydrogens (tertiary/aromatic N) is 4. The van der Waals surface area contributed by atoms with Crippen molar-refractivity contribution >= 4 is 46.8 Å². The number of benzene rings is 2. The zero-order valence-electron chi connectivity index (χ0n) is 22.5. The number of hydrogen-bond acceptors (Lipinski definition) is 5. The number of ether oxygens (including phenoxy) is 1. The summed E-state index contributed by atoms with van der Waals surface area (Å²) in [6.45, 7) is 4.46. The van der Waals surface area contributed by atoms with Gasteiger partial charge in [-0.3, -0.25) is 10.2 Å². The molecule has 40 heavy (non-hydrogen) atoms. The number of methoxy groups -OCH3 is 1. The number of amides is 3. The Morgan fingerprint density at radius 2 is 1.80 bits per heavy atom. The third-order valence-corrected chi connectivity index (χ3v) is 7.58. The van der Waals surface area contributed by atoms with E-state index in [0.29, 0.717) is 34.4 Å². The van der Waals surface area contributed by atoms with Crippen molar-refractivity contribution in [3.05, 3.63) is 75.0 Å². The van der Waals surface area contributed by atoms with Crippen LogP contribution in [0.2, 0.25) is 10.0 Å². The Morgan fingerprint density at radius 3 is 2.48 bits per heavy atom. The second-order valence-electron chi connectivity index (χ2n) is 9.81. The van der Waals surface area contributed by atoms with Crippen molar-refractivity contribution in [1.29, 1.82) is 0 Å². The van der Waals surface area contributed by atoms with Crippen molar-refractivity contribution in [3.63, 3.8) is 0 Å². The molecule has 0 atom stereocenters. The molecule has 3 heterocycles. The summed E-state index contributed by atoms with van der Waals surface area (Å²) in [4.78, 5) is 28.4. The van der Waals surface area contributed by atoms with Gasteiger partial charge in [0.05, 0.1) is 30.1 Å². The first kappa shape index (κ1) is 28.0. The fourth-order valence-corrected chi connectivity index (χ4v) is 5.58. The van der Waals surface area contributed by atoms with E-state index in [0.717, 1.165) is 54.9 Å². The fraction of sp³-hybridized carbons (Fsp3) is 0.345. The first-order valence-corrected chi connectivity index (χ1v) is 14.1. The second kappa shape index (κ2) is 12.3. The van der Waals surface area contributed by atoms with E-state index in [-0.39, 0.29) is 24.2 Å². The number of nitrogens with one attached hydrogen (secondary N) is 2. The van der Waals surface area contributed by atoms with E-state index < -0.39 is 0 Å². The predicted molar refractivity (Wildman–Crippen MR) is 157 cm³/mol. The number of hydrazine groups is 1. The van der Waals surface area contributed by atoms with Gasteiger partial charge in [-0.25, -0.2) is 14.5 Å². The molecule has 2 aliphatic heterocycles. The highest BCUT2D eigenvalue weighted by Crippen LogP contribution is 2.36. The summed E-state index contributed by atoms with van der Waals surface area (Å²) in [5.74, 6) is 0.425. The van der Waals surface area contributed by atoms with E-state index in [4.69, 9.17) is 33.0 Å². The number of carbonyl (C=O) groups is 2. The van der Waals surface area contributed by atoms with Gasteiger partial charge >= 0.3 is 6.03 Å². The highest BCUT2D eigenvalue weighted by atomic mass is 35.5. The van der Waals surface area contributed by atoms with Crippen LogP contribution in [0.25, 0.3) is 17.3 Å². The molecule has 0 saturated carbocycles. The van der Waals surface area contributed by atoms with Gasteiger partial charge in [-0.15, -0.1) is 0 Å². The molecule has 0 bridgehead atoms. The van der Waals surface area contributed by atoms with Crippen LogP contribution in [0.15, 0.2) is 42.5 Å². The number of hydrogen-bond donors (Lipinski definition) is 2. The van der Waals surface area contributed by atoms with Crippen molar-refractivity contribution in [1.82, 2.24) is 30.4 Å². The van der Waals surface area contributed by atoms with Crippen LogP contribution in [0, 0.1) is 0 Å². The van der Waals surface area contributed by atoms with Crippen LogP contribution >= 0.6 is 23.2 Å². The molecule has 2 N–H and O–H groups in total. The molecule has 2 aromatic carbocycles. The van der Waals surface area contributed by atoms with Crippen LogP contribution in [0.3, 0.4) is 0 Å². The third kappa shape index (κ3) is 5.96. The summed E-state index contributed by atoms with van der Waals surface area (Å²) >= 11 is 12.9. The van der Waals surface area contributed by atoms with Crippen LogP contribution < -0.4 is 15.5 Å². The van der Waals surface area contributed by atoms with Gasteiger partial charge in [0.15, 0.2) is 5.69 Å². The molecular weight excluding hydrogens is 551 g/mol. The number of halogens is 2. The summed E-state index contributed by atoms with van der Waals surface area (Å²) in [6.07, 6.45) is 5.18. The van der Waals surface area contributed by atoms with Crippen LogP contribution in [-0.4, -0.2) is 64.9 Å². The third-order valence-electron chi connectivity index (χ3n) is 7.04. The van der Waals surface area contributed by atoms with Crippen molar-refractivity contribution in [3.8, 4) is 11.4 Å². The lowest BCUT2D eigenvalue weighted by Gasteiger charge is -2.30. The highest BCUT2D eigenvalue weighted by Gasteiger charge is 2.34. The van der Waals surface area contributed by atoms with Crippen molar-refractivity contribution < 1.29 is 14.3 Å². The lowest BCUT2D eigenvalue weighted by Crippen LogP contribution is -2.46. The minimum Gasteiger partial charge on any atom is -0.497 e. The fourth-order valence-electron chi connectivity index (χ4n) is 5.09. The van der Waals surface area contributed by atoms with Crippen LogP contribution in [0.5, 0.6) is 5.75 Å². The van der Waals surface area contributed by atoms with Crippen molar-refractivity contribution in [2.24, 2.45) is 0 Å². The van der Waals surface area contributed by atoms with E-state index in [1.54, 1.807) is 34.9 Å². The van der Waals surface area contributed by atoms with Gasteiger partial charge < -0.3 is 15.0 Å². The number of rotatable bonds is 6. The van der Waals surface area contributed by atoms with Gasteiger partial charge in [0.1, 0.15) is 5.75 Å². The van der Waals surface area contributed by atoms with Gasteiger partial charge in [-0.2, -0.15) is 5.10 Å². The summed E-state index contributed by atoms with van der Waals surface area (Å²) < 4.78 is 7.01. The molecule has 0 radical (unpaired) electrons. The van der Waals surface area contributed by atoms with Crippen LogP contribution in [0.1, 0.15) is 53.5 Å². The maximum atomic E-state index is 13.7. The number of urea groups is 1. The van der Waals surface area contributed by atoms with E-state index in [1.807, 2.05) is 42.3 Å². The second-order valence-corrected chi connectivity index (χ2v) is 10.6. The monoisotopic (exact) mass is 582 g/mol. The minimum atomic E-state index is -0.316.